The van der Waals surface area contributed by atoms with Crippen molar-refractivity contribution in [1.29, 1.82) is 0 Å². The second-order valence-corrected chi connectivity index (χ2v) is 12.5. The fourth-order valence-corrected chi connectivity index (χ4v) is 6.25. The average molecular weight is 946 g/mol. The Bertz CT molecular complexity index is 2400. The molecule has 3 aliphatic carbocycles. The summed E-state index contributed by atoms with van der Waals surface area (Å²) in [5.74, 6) is -85.5. The number of esters is 4. The van der Waals surface area contributed by atoms with Crippen LogP contribution in [0.15, 0.2) is 22.3 Å². The zero-order chi connectivity index (χ0) is 47.9. The van der Waals surface area contributed by atoms with E-state index in [1.165, 1.54) is 0 Å². The van der Waals surface area contributed by atoms with Gasteiger partial charge in [-0.2, -0.15) is 35.1 Å². The maximum atomic E-state index is 14.7. The lowest BCUT2D eigenvalue weighted by molar-refractivity contribution is -0.138. The molecule has 0 saturated carbocycles. The van der Waals surface area contributed by atoms with Gasteiger partial charge in [0, 0.05) is 11.8 Å². The molecule has 64 heavy (non-hydrogen) atoms. The van der Waals surface area contributed by atoms with E-state index in [-0.39, 0.29) is 0 Å². The van der Waals surface area contributed by atoms with Gasteiger partial charge in [0.05, 0.1) is 22.3 Å². The highest BCUT2D eigenvalue weighted by atomic mass is 19.2. The molecule has 0 saturated heterocycles. The average Bonchev–Trinajstić information content (AvgIpc) is 3.28. The van der Waals surface area contributed by atoms with Gasteiger partial charge in [-0.15, -0.1) is 0 Å². The monoisotopic (exact) mass is 946 g/mol. The molecule has 0 atom stereocenters. The van der Waals surface area contributed by atoms with E-state index in [1.54, 1.807) is 0 Å². The molecule has 0 spiro atoms. The van der Waals surface area contributed by atoms with Gasteiger partial charge in [-0.25, -0.2) is 71.9 Å². The summed E-state index contributed by atoms with van der Waals surface area (Å²) in [5, 5.41) is 0. The van der Waals surface area contributed by atoms with Crippen LogP contribution in [0, 0.1) is 128 Å². The molecule has 338 valence electrons. The summed E-state index contributed by atoms with van der Waals surface area (Å²) in [6, 6.07) is 0. The van der Waals surface area contributed by atoms with Gasteiger partial charge in [-0.3, -0.25) is 0 Å². The van der Waals surface area contributed by atoms with E-state index in [4.69, 9.17) is 0 Å². The molecule has 0 aliphatic heterocycles. The second-order valence-electron chi connectivity index (χ2n) is 12.5. The lowest BCUT2D eigenvalue weighted by atomic mass is 9.63. The van der Waals surface area contributed by atoms with Crippen molar-refractivity contribution in [3.05, 3.63) is 139 Å². The van der Waals surface area contributed by atoms with Crippen LogP contribution in [-0.2, 0) is 19.2 Å². The Morgan fingerprint density at radius 2 is 0.375 bits per heavy atom. The van der Waals surface area contributed by atoms with Crippen LogP contribution >= 0.6 is 0 Å². The first-order valence-electron chi connectivity index (χ1n) is 16.2. The number of carbonyl (C=O) groups excluding carboxylic acids is 4. The highest BCUT2D eigenvalue weighted by Gasteiger charge is 2.53. The zero-order valence-electron chi connectivity index (χ0n) is 29.4. The van der Waals surface area contributed by atoms with E-state index >= 15 is 0 Å². The highest BCUT2D eigenvalue weighted by Crippen LogP contribution is 2.51. The molecule has 3 aliphatic rings. The van der Waals surface area contributed by atoms with Crippen molar-refractivity contribution in [2.24, 2.45) is 11.8 Å². The van der Waals surface area contributed by atoms with E-state index < -0.39 is 210 Å². The molecule has 0 aromatic heterocycles. The Kier molecular flexibility index (Phi) is 12.0. The fourth-order valence-electron chi connectivity index (χ4n) is 6.25. The number of carbonyl (C=O) groups is 4. The summed E-state index contributed by atoms with van der Waals surface area (Å²) in [7, 11) is 0. The zero-order valence-corrected chi connectivity index (χ0v) is 29.4. The van der Waals surface area contributed by atoms with Gasteiger partial charge in [0.15, 0.2) is 0 Å². The van der Waals surface area contributed by atoms with Crippen molar-refractivity contribution >= 4 is 23.9 Å². The molecule has 4 aromatic carbocycles. The van der Waals surface area contributed by atoms with Crippen molar-refractivity contribution in [3.63, 3.8) is 0 Å². The molecule has 8 nitrogen and oxygen atoms in total. The summed E-state index contributed by atoms with van der Waals surface area (Å²) in [5.41, 5.74) is -7.64. The number of hydrogen-bond acceptors (Lipinski definition) is 8. The molecular formula is C36H6F20O8. The van der Waals surface area contributed by atoms with Gasteiger partial charge in [0.1, 0.15) is 0 Å². The predicted molar refractivity (Wildman–Crippen MR) is 158 cm³/mol. The Labute approximate surface area is 336 Å². The van der Waals surface area contributed by atoms with Gasteiger partial charge < -0.3 is 18.9 Å². The second kappa shape index (κ2) is 16.5. The first kappa shape index (κ1) is 46.3. The van der Waals surface area contributed by atoms with Crippen LogP contribution in [0.2, 0.25) is 0 Å². The third kappa shape index (κ3) is 7.08. The van der Waals surface area contributed by atoms with Crippen LogP contribution in [0.5, 0.6) is 23.0 Å². The molecule has 0 radical (unpaired) electrons. The first-order chi connectivity index (χ1) is 29.8. The number of ether oxygens (including phenoxy) is 4. The standard InChI is InChI=1S/C36H6F20O8/c37-9-13(41)21(49)29(22(50)14(9)42)61-33(57)5-3-1-2-4(7(5)35(59)63-31-25(53)17(45)11(39)18(46)26(31)54)8(36(60)64-32-27(55)19(47)12(40)20(48)28(32)56)6(3)34(58)62-30-23(51)15(43)10(38)16(44)24(30)52/h3-4H,1-2H2. The van der Waals surface area contributed by atoms with Crippen molar-refractivity contribution in [1.82, 2.24) is 0 Å². The number of hydrogen-bond donors (Lipinski definition) is 0. The number of halogens is 20. The van der Waals surface area contributed by atoms with Crippen molar-refractivity contribution < 1.29 is 126 Å². The minimum Gasteiger partial charge on any atom is -0.417 e. The smallest absolute Gasteiger partial charge is 0.340 e. The minimum absolute atomic E-state index is 1.16. The summed E-state index contributed by atoms with van der Waals surface area (Å²) in [4.78, 5) is 54.8. The number of rotatable bonds is 8. The fraction of sp³-hybridized carbons (Fsp3) is 0.111. The lowest BCUT2D eigenvalue weighted by Gasteiger charge is -2.39. The van der Waals surface area contributed by atoms with E-state index in [1.807, 2.05) is 0 Å². The topological polar surface area (TPSA) is 105 Å². The molecular weight excluding hydrogens is 940 g/mol. The normalized spacial score (nSPS) is 15.8. The molecule has 0 fully saturated rings. The lowest BCUT2D eigenvalue weighted by Crippen LogP contribution is -2.43. The molecule has 0 amide bonds. The van der Waals surface area contributed by atoms with Crippen molar-refractivity contribution in [3.8, 4) is 23.0 Å². The largest absolute Gasteiger partial charge is 0.417 e. The molecule has 2 bridgehead atoms. The van der Waals surface area contributed by atoms with Crippen LogP contribution in [-0.4, -0.2) is 23.9 Å². The van der Waals surface area contributed by atoms with Crippen LogP contribution in [0.3, 0.4) is 0 Å². The van der Waals surface area contributed by atoms with Gasteiger partial charge in [-0.1, -0.05) is 0 Å². The number of fused-ring (bicyclic) bond motifs is 1. The van der Waals surface area contributed by atoms with Gasteiger partial charge in [-0.05, 0) is 12.8 Å². The third-order valence-electron chi connectivity index (χ3n) is 9.06. The highest BCUT2D eigenvalue weighted by molar-refractivity contribution is 6.12. The van der Waals surface area contributed by atoms with Gasteiger partial charge in [0.2, 0.25) is 139 Å². The van der Waals surface area contributed by atoms with E-state index in [0.29, 0.717) is 0 Å². The minimum atomic E-state index is -2.95. The molecule has 0 heterocycles. The van der Waals surface area contributed by atoms with Crippen LogP contribution in [0.25, 0.3) is 0 Å². The Morgan fingerprint density at radius 1 is 0.250 bits per heavy atom. The summed E-state index contributed by atoms with van der Waals surface area (Å²) in [6.07, 6.45) is -2.32. The molecule has 0 unspecified atom stereocenters. The SMILES string of the molecule is O=C(Oc1c(F)c(F)c(F)c(F)c1F)C1=C(C(=O)Oc2c(F)c(F)c(F)c(F)c2F)C2CCC1C(C(=O)Oc1c(F)c(F)c(F)c(F)c1F)=C2C(=O)Oc1c(F)c(F)c(F)c(F)c1F. The van der Waals surface area contributed by atoms with E-state index in [2.05, 4.69) is 18.9 Å². The van der Waals surface area contributed by atoms with Crippen molar-refractivity contribution in [2.75, 3.05) is 0 Å². The molecule has 28 heteroatoms. The van der Waals surface area contributed by atoms with Crippen LogP contribution in [0.1, 0.15) is 12.8 Å². The summed E-state index contributed by atoms with van der Waals surface area (Å²) in [6.45, 7) is 0. The maximum absolute atomic E-state index is 14.7. The van der Waals surface area contributed by atoms with Crippen molar-refractivity contribution in [2.45, 2.75) is 12.8 Å². The Balaban J connectivity index is 1.63. The summed E-state index contributed by atoms with van der Waals surface area (Å²) >= 11 is 0. The molecule has 7 rings (SSSR count). The molecule has 4 aromatic rings. The van der Waals surface area contributed by atoms with E-state index in [9.17, 15) is 107 Å². The maximum Gasteiger partial charge on any atom is 0.340 e. The Hall–Kier alpha value is -7.16. The number of benzene rings is 4. The predicted octanol–water partition coefficient (Wildman–Crippen LogP) is 8.82. The van der Waals surface area contributed by atoms with Crippen LogP contribution in [0.4, 0.5) is 87.8 Å². The van der Waals surface area contributed by atoms with Gasteiger partial charge >= 0.3 is 23.9 Å². The van der Waals surface area contributed by atoms with Crippen LogP contribution < -0.4 is 18.9 Å². The first-order valence-corrected chi connectivity index (χ1v) is 16.2. The molecule has 0 N–H and O–H groups in total. The van der Waals surface area contributed by atoms with Gasteiger partial charge in [0.25, 0.3) is 0 Å². The third-order valence-corrected chi connectivity index (χ3v) is 9.06. The quantitative estimate of drug-likeness (QED) is 0.0568. The Morgan fingerprint density at radius 3 is 0.516 bits per heavy atom. The van der Waals surface area contributed by atoms with E-state index in [0.717, 1.165) is 0 Å². The summed E-state index contributed by atoms with van der Waals surface area (Å²) < 4.78 is 302.